The van der Waals surface area contributed by atoms with Gasteiger partial charge in [0.2, 0.25) is 0 Å². The Morgan fingerprint density at radius 2 is 1.36 bits per heavy atom. The summed E-state index contributed by atoms with van der Waals surface area (Å²) in [5.74, 6) is 0. The molecule has 1 N–H and O–H groups in total. The van der Waals surface area contributed by atoms with Crippen LogP contribution in [0.4, 0.5) is 0 Å². The molecule has 0 saturated heterocycles. The molecule has 0 amide bonds. The summed E-state index contributed by atoms with van der Waals surface area (Å²) >= 11 is 0. The first kappa shape index (κ1) is 29.6. The van der Waals surface area contributed by atoms with Crippen LogP contribution < -0.4 is 0 Å². The van der Waals surface area contributed by atoms with Gasteiger partial charge in [0.25, 0.3) is 0 Å². The zero-order chi connectivity index (χ0) is 23.8. The summed E-state index contributed by atoms with van der Waals surface area (Å²) in [5.41, 5.74) is 1.56. The van der Waals surface area contributed by atoms with E-state index in [0.29, 0.717) is 18.8 Å². The standard InChI is InChI=1S/C29H49NO3/c1-2-3-4-5-6-7-8-9-10-11-12-13-14-15-16-17-21-32-26-29(24-31)33-25-28-20-18-19-27(22-28)23-30/h18-20,22,29,31H,2-17,21,24-26H2,1H3/t29-/m0/s1. The minimum absolute atomic E-state index is 0.0586. The van der Waals surface area contributed by atoms with Gasteiger partial charge < -0.3 is 14.6 Å². The van der Waals surface area contributed by atoms with Gasteiger partial charge in [0.15, 0.2) is 0 Å². The van der Waals surface area contributed by atoms with E-state index in [1.165, 1.54) is 96.3 Å². The van der Waals surface area contributed by atoms with Gasteiger partial charge >= 0.3 is 0 Å². The van der Waals surface area contributed by atoms with Crippen molar-refractivity contribution in [2.45, 2.75) is 122 Å². The topological polar surface area (TPSA) is 62.5 Å². The van der Waals surface area contributed by atoms with E-state index in [-0.39, 0.29) is 12.7 Å². The summed E-state index contributed by atoms with van der Waals surface area (Å²) in [6.07, 6.45) is 21.5. The summed E-state index contributed by atoms with van der Waals surface area (Å²) in [6, 6.07) is 9.48. The average Bonchev–Trinajstić information content (AvgIpc) is 2.85. The Morgan fingerprint density at radius 1 is 0.818 bits per heavy atom. The van der Waals surface area contributed by atoms with E-state index in [2.05, 4.69) is 13.0 Å². The first-order chi connectivity index (χ1) is 16.3. The van der Waals surface area contributed by atoms with Gasteiger partial charge in [-0.15, -0.1) is 0 Å². The molecule has 0 aliphatic rings. The van der Waals surface area contributed by atoms with Crippen molar-refractivity contribution in [1.82, 2.24) is 0 Å². The molecule has 0 fully saturated rings. The third-order valence-corrected chi connectivity index (χ3v) is 6.19. The lowest BCUT2D eigenvalue weighted by molar-refractivity contribution is -0.0502. The first-order valence-corrected chi connectivity index (χ1v) is 13.6. The highest BCUT2D eigenvalue weighted by Crippen LogP contribution is 2.14. The molecule has 0 unspecified atom stereocenters. The van der Waals surface area contributed by atoms with Crippen LogP contribution in [0.25, 0.3) is 0 Å². The van der Waals surface area contributed by atoms with Crippen molar-refractivity contribution in [1.29, 1.82) is 5.26 Å². The number of rotatable bonds is 23. The van der Waals surface area contributed by atoms with Crippen LogP contribution in [-0.4, -0.2) is 31.0 Å². The van der Waals surface area contributed by atoms with Gasteiger partial charge in [-0.1, -0.05) is 115 Å². The van der Waals surface area contributed by atoms with Crippen LogP contribution in [0.5, 0.6) is 0 Å². The smallest absolute Gasteiger partial charge is 0.104 e. The normalized spacial score (nSPS) is 12.0. The zero-order valence-electron chi connectivity index (χ0n) is 21.2. The molecule has 4 heteroatoms. The van der Waals surface area contributed by atoms with Crippen molar-refractivity contribution in [2.75, 3.05) is 19.8 Å². The molecule has 33 heavy (non-hydrogen) atoms. The van der Waals surface area contributed by atoms with Crippen molar-refractivity contribution in [3.05, 3.63) is 35.4 Å². The number of hydrogen-bond donors (Lipinski definition) is 1. The molecule has 0 bridgehead atoms. The van der Waals surface area contributed by atoms with E-state index in [4.69, 9.17) is 14.7 Å². The number of unbranched alkanes of at least 4 members (excludes halogenated alkanes) is 15. The number of hydrogen-bond acceptors (Lipinski definition) is 4. The fraction of sp³-hybridized carbons (Fsp3) is 0.759. The Kier molecular flexibility index (Phi) is 20.1. The molecule has 0 aliphatic heterocycles. The molecular formula is C29H49NO3. The number of ether oxygens (including phenoxy) is 2. The maximum atomic E-state index is 9.49. The number of nitriles is 1. The van der Waals surface area contributed by atoms with E-state index in [1.54, 1.807) is 6.07 Å². The van der Waals surface area contributed by atoms with Crippen LogP contribution in [0.15, 0.2) is 24.3 Å². The molecule has 0 spiro atoms. The molecule has 4 nitrogen and oxygen atoms in total. The van der Waals surface area contributed by atoms with Gasteiger partial charge in [-0.05, 0) is 24.1 Å². The average molecular weight is 460 g/mol. The van der Waals surface area contributed by atoms with Gasteiger partial charge in [-0.2, -0.15) is 5.26 Å². The predicted octanol–water partition coefficient (Wildman–Crippen LogP) is 7.71. The monoisotopic (exact) mass is 459 g/mol. The molecule has 0 saturated carbocycles. The van der Waals surface area contributed by atoms with Gasteiger partial charge in [-0.3, -0.25) is 0 Å². The lowest BCUT2D eigenvalue weighted by Gasteiger charge is -2.16. The van der Waals surface area contributed by atoms with E-state index < -0.39 is 0 Å². The molecule has 0 aliphatic carbocycles. The van der Waals surface area contributed by atoms with E-state index in [9.17, 15) is 5.11 Å². The summed E-state index contributed by atoms with van der Waals surface area (Å²) < 4.78 is 11.4. The highest BCUT2D eigenvalue weighted by Gasteiger charge is 2.08. The highest BCUT2D eigenvalue weighted by atomic mass is 16.5. The highest BCUT2D eigenvalue weighted by molar-refractivity contribution is 5.32. The molecule has 1 aromatic carbocycles. The summed E-state index contributed by atoms with van der Waals surface area (Å²) in [4.78, 5) is 0. The molecule has 0 heterocycles. The molecule has 0 radical (unpaired) electrons. The Balaban J connectivity index is 1.85. The maximum absolute atomic E-state index is 9.49. The molecular weight excluding hydrogens is 410 g/mol. The number of nitrogens with zero attached hydrogens (tertiary/aromatic N) is 1. The van der Waals surface area contributed by atoms with Crippen molar-refractivity contribution in [3.8, 4) is 6.07 Å². The van der Waals surface area contributed by atoms with Gasteiger partial charge in [0, 0.05) is 6.61 Å². The maximum Gasteiger partial charge on any atom is 0.104 e. The quantitative estimate of drug-likeness (QED) is 0.170. The third-order valence-electron chi connectivity index (χ3n) is 6.19. The fourth-order valence-electron chi connectivity index (χ4n) is 4.07. The summed E-state index contributed by atoms with van der Waals surface area (Å²) in [7, 11) is 0. The van der Waals surface area contributed by atoms with E-state index in [0.717, 1.165) is 18.6 Å². The first-order valence-electron chi connectivity index (χ1n) is 13.6. The molecule has 1 rings (SSSR count). The van der Waals surface area contributed by atoms with Gasteiger partial charge in [0.05, 0.1) is 31.5 Å². The predicted molar refractivity (Wildman–Crippen MR) is 137 cm³/mol. The minimum Gasteiger partial charge on any atom is -0.394 e. The third kappa shape index (κ3) is 17.7. The Bertz CT molecular complexity index is 599. The largest absolute Gasteiger partial charge is 0.394 e. The van der Waals surface area contributed by atoms with Gasteiger partial charge in [-0.25, -0.2) is 0 Å². The number of aliphatic hydroxyl groups is 1. The second kappa shape index (κ2) is 22.4. The van der Waals surface area contributed by atoms with Gasteiger partial charge in [0.1, 0.15) is 6.10 Å². The Labute approximate surface area is 203 Å². The molecule has 188 valence electrons. The van der Waals surface area contributed by atoms with E-state index >= 15 is 0 Å². The fourth-order valence-corrected chi connectivity index (χ4v) is 4.07. The lowest BCUT2D eigenvalue weighted by Crippen LogP contribution is -2.24. The number of benzene rings is 1. The second-order valence-corrected chi connectivity index (χ2v) is 9.31. The van der Waals surface area contributed by atoms with E-state index in [1.807, 2.05) is 18.2 Å². The SMILES string of the molecule is CCCCCCCCCCCCCCCCCCOC[C@H](CO)OCc1cccc(C#N)c1. The second-order valence-electron chi connectivity index (χ2n) is 9.31. The molecule has 1 atom stereocenters. The van der Waals surface area contributed by atoms with Crippen molar-refractivity contribution >= 4 is 0 Å². The Morgan fingerprint density at radius 3 is 1.88 bits per heavy atom. The lowest BCUT2D eigenvalue weighted by atomic mass is 10.0. The Hall–Kier alpha value is -1.41. The zero-order valence-corrected chi connectivity index (χ0v) is 21.2. The molecule has 1 aromatic rings. The minimum atomic E-state index is -0.322. The van der Waals surface area contributed by atoms with Crippen LogP contribution in [0, 0.1) is 11.3 Å². The van der Waals surface area contributed by atoms with Crippen molar-refractivity contribution < 1.29 is 14.6 Å². The molecule has 0 aromatic heterocycles. The van der Waals surface area contributed by atoms with Crippen LogP contribution in [0.2, 0.25) is 0 Å². The van der Waals surface area contributed by atoms with Crippen LogP contribution in [0.3, 0.4) is 0 Å². The summed E-state index contributed by atoms with van der Waals surface area (Å²) in [5, 5.41) is 18.4. The summed E-state index contributed by atoms with van der Waals surface area (Å²) in [6.45, 7) is 3.73. The van der Waals surface area contributed by atoms with Crippen molar-refractivity contribution in [2.24, 2.45) is 0 Å². The number of aliphatic hydroxyl groups excluding tert-OH is 1. The van der Waals surface area contributed by atoms with Crippen LogP contribution in [-0.2, 0) is 16.1 Å². The van der Waals surface area contributed by atoms with Crippen LogP contribution in [0.1, 0.15) is 121 Å². The van der Waals surface area contributed by atoms with Crippen molar-refractivity contribution in [3.63, 3.8) is 0 Å². The van der Waals surface area contributed by atoms with Crippen LogP contribution >= 0.6 is 0 Å².